The van der Waals surface area contributed by atoms with E-state index in [0.717, 1.165) is 5.56 Å². The van der Waals surface area contributed by atoms with Gasteiger partial charge in [-0.05, 0) is 42.5 Å². The Kier molecular flexibility index (Phi) is 6.24. The summed E-state index contributed by atoms with van der Waals surface area (Å²) in [6.07, 6.45) is 0. The van der Waals surface area contributed by atoms with Gasteiger partial charge >= 0.3 is 0 Å². The van der Waals surface area contributed by atoms with Gasteiger partial charge in [0.05, 0.1) is 18.7 Å². The first-order valence-electron chi connectivity index (χ1n) is 8.27. The maximum Gasteiger partial charge on any atom is 0.245 e. The minimum atomic E-state index is -3.89. The van der Waals surface area contributed by atoms with E-state index in [1.807, 2.05) is 0 Å². The van der Waals surface area contributed by atoms with Gasteiger partial charge in [-0.25, -0.2) is 8.42 Å². The molecular weight excluding hydrogens is 425 g/mol. The van der Waals surface area contributed by atoms with E-state index in [1.165, 1.54) is 22.5 Å². The fraction of sp³-hybridized carbons (Fsp3) is 0.222. The third-order valence-electron chi connectivity index (χ3n) is 3.99. The van der Waals surface area contributed by atoms with Crippen LogP contribution in [0.5, 0.6) is 5.75 Å². The van der Waals surface area contributed by atoms with E-state index in [1.54, 1.807) is 38.3 Å². The van der Waals surface area contributed by atoms with Crippen molar-refractivity contribution in [3.63, 3.8) is 0 Å². The number of hydrogen-bond acceptors (Lipinski definition) is 6. The Bertz CT molecular complexity index is 1070. The first kappa shape index (κ1) is 20.6. The van der Waals surface area contributed by atoms with Gasteiger partial charge in [-0.15, -0.1) is 0 Å². The summed E-state index contributed by atoms with van der Waals surface area (Å²) >= 11 is 12.0. The number of hydrogen-bond donors (Lipinski definition) is 0. The molecule has 2 aromatic carbocycles. The first-order chi connectivity index (χ1) is 13.3. The minimum Gasteiger partial charge on any atom is -0.497 e. The SMILES string of the molecule is CCN(Cc1nc(-c2ccc(OC)cc2)no1)S(=O)(=O)c1cc(Cl)ccc1Cl. The third kappa shape index (κ3) is 4.30. The second-order valence-electron chi connectivity index (χ2n) is 5.75. The van der Waals surface area contributed by atoms with Crippen LogP contribution >= 0.6 is 23.2 Å². The average molecular weight is 442 g/mol. The summed E-state index contributed by atoms with van der Waals surface area (Å²) in [5.41, 5.74) is 0.722. The molecule has 0 saturated heterocycles. The van der Waals surface area contributed by atoms with Crippen molar-refractivity contribution in [1.29, 1.82) is 0 Å². The van der Waals surface area contributed by atoms with Crippen LogP contribution in [0.15, 0.2) is 51.9 Å². The van der Waals surface area contributed by atoms with Crippen LogP contribution in [0, 0.1) is 0 Å². The van der Waals surface area contributed by atoms with Crippen LogP contribution in [0.25, 0.3) is 11.4 Å². The summed E-state index contributed by atoms with van der Waals surface area (Å²) in [5, 5.41) is 4.29. The number of ether oxygens (including phenoxy) is 1. The van der Waals surface area contributed by atoms with Gasteiger partial charge in [-0.2, -0.15) is 9.29 Å². The van der Waals surface area contributed by atoms with Gasteiger partial charge in [0.25, 0.3) is 0 Å². The van der Waals surface area contributed by atoms with Crippen molar-refractivity contribution >= 4 is 33.2 Å². The lowest BCUT2D eigenvalue weighted by Gasteiger charge is -2.19. The molecule has 3 aromatic rings. The quantitative estimate of drug-likeness (QED) is 0.544. The number of methoxy groups -OCH3 is 1. The van der Waals surface area contributed by atoms with Crippen LogP contribution in [0.1, 0.15) is 12.8 Å². The molecule has 0 amide bonds. The Hall–Kier alpha value is -2.13. The summed E-state index contributed by atoms with van der Waals surface area (Å²) in [4.78, 5) is 4.22. The maximum atomic E-state index is 13.0. The molecule has 10 heteroatoms. The standard InChI is InChI=1S/C18H17Cl2N3O4S/c1-3-23(28(24,25)16-10-13(19)6-9-15(16)20)11-17-21-18(22-27-17)12-4-7-14(26-2)8-5-12/h4-10H,3,11H2,1-2H3. The zero-order valence-electron chi connectivity index (χ0n) is 15.1. The Morgan fingerprint density at radius 3 is 2.50 bits per heavy atom. The van der Waals surface area contributed by atoms with E-state index in [9.17, 15) is 8.42 Å². The van der Waals surface area contributed by atoms with Gasteiger partial charge in [-0.1, -0.05) is 35.3 Å². The van der Waals surface area contributed by atoms with Crippen LogP contribution in [0.2, 0.25) is 10.0 Å². The second kappa shape index (κ2) is 8.48. The molecule has 0 unspecified atom stereocenters. The summed E-state index contributed by atoms with van der Waals surface area (Å²) in [7, 11) is -2.32. The maximum absolute atomic E-state index is 13.0. The van der Waals surface area contributed by atoms with Crippen LogP contribution < -0.4 is 4.74 Å². The molecule has 0 aliphatic carbocycles. The number of nitrogens with zero attached hydrogens (tertiary/aromatic N) is 3. The number of aromatic nitrogens is 2. The van der Waals surface area contributed by atoms with E-state index in [-0.39, 0.29) is 33.9 Å². The topological polar surface area (TPSA) is 85.5 Å². The minimum absolute atomic E-state index is 0.0709. The highest BCUT2D eigenvalue weighted by molar-refractivity contribution is 7.89. The first-order valence-corrected chi connectivity index (χ1v) is 10.5. The molecule has 148 valence electrons. The predicted molar refractivity (Wildman–Crippen MR) is 106 cm³/mol. The predicted octanol–water partition coefficient (Wildman–Crippen LogP) is 4.26. The van der Waals surface area contributed by atoms with E-state index < -0.39 is 10.0 Å². The summed E-state index contributed by atoms with van der Waals surface area (Å²) in [6.45, 7) is 1.80. The zero-order valence-corrected chi connectivity index (χ0v) is 17.4. The van der Waals surface area contributed by atoms with E-state index in [2.05, 4.69) is 10.1 Å². The molecule has 0 bridgehead atoms. The van der Waals surface area contributed by atoms with Crippen LogP contribution in [-0.4, -0.2) is 36.5 Å². The molecule has 28 heavy (non-hydrogen) atoms. The molecule has 0 atom stereocenters. The lowest BCUT2D eigenvalue weighted by atomic mass is 10.2. The highest BCUT2D eigenvalue weighted by atomic mass is 35.5. The van der Waals surface area contributed by atoms with E-state index in [0.29, 0.717) is 11.6 Å². The lowest BCUT2D eigenvalue weighted by Crippen LogP contribution is -2.30. The van der Waals surface area contributed by atoms with Gasteiger partial charge in [0, 0.05) is 17.1 Å². The molecule has 7 nitrogen and oxygen atoms in total. The number of benzene rings is 2. The van der Waals surface area contributed by atoms with Crippen molar-refractivity contribution in [3.05, 3.63) is 58.4 Å². The van der Waals surface area contributed by atoms with Gasteiger partial charge < -0.3 is 9.26 Å². The van der Waals surface area contributed by atoms with Crippen molar-refractivity contribution in [2.45, 2.75) is 18.4 Å². The molecule has 0 saturated carbocycles. The van der Waals surface area contributed by atoms with E-state index in [4.69, 9.17) is 32.5 Å². The van der Waals surface area contributed by atoms with Crippen molar-refractivity contribution < 1.29 is 17.7 Å². The normalized spacial score (nSPS) is 11.8. The fourth-order valence-corrected chi connectivity index (χ4v) is 4.64. The van der Waals surface area contributed by atoms with Crippen molar-refractivity contribution in [1.82, 2.24) is 14.4 Å². The number of sulfonamides is 1. The molecule has 0 radical (unpaired) electrons. The summed E-state index contributed by atoms with van der Waals surface area (Å²) in [6, 6.07) is 11.4. The largest absolute Gasteiger partial charge is 0.497 e. The van der Waals surface area contributed by atoms with Crippen LogP contribution in [-0.2, 0) is 16.6 Å². The number of halogens is 2. The molecule has 0 spiro atoms. The summed E-state index contributed by atoms with van der Waals surface area (Å²) in [5.74, 6) is 1.22. The Balaban J connectivity index is 1.85. The van der Waals surface area contributed by atoms with Crippen molar-refractivity contribution in [2.75, 3.05) is 13.7 Å². The molecule has 0 aliphatic rings. The molecule has 1 heterocycles. The van der Waals surface area contributed by atoms with Gasteiger partial charge in [0.15, 0.2) is 0 Å². The van der Waals surface area contributed by atoms with Crippen LogP contribution in [0.4, 0.5) is 0 Å². The van der Waals surface area contributed by atoms with Gasteiger partial charge in [-0.3, -0.25) is 0 Å². The third-order valence-corrected chi connectivity index (χ3v) is 6.63. The van der Waals surface area contributed by atoms with Crippen molar-refractivity contribution in [3.8, 4) is 17.1 Å². The monoisotopic (exact) mass is 441 g/mol. The van der Waals surface area contributed by atoms with Crippen LogP contribution in [0.3, 0.4) is 0 Å². The molecule has 1 aromatic heterocycles. The Morgan fingerprint density at radius 2 is 1.86 bits per heavy atom. The smallest absolute Gasteiger partial charge is 0.245 e. The number of rotatable bonds is 7. The Labute approximate surface area is 172 Å². The van der Waals surface area contributed by atoms with Gasteiger partial charge in [0.1, 0.15) is 10.6 Å². The summed E-state index contributed by atoms with van der Waals surface area (Å²) < 4.78 is 37.5. The molecule has 3 rings (SSSR count). The molecular formula is C18H17Cl2N3O4S. The van der Waals surface area contributed by atoms with Gasteiger partial charge in [0.2, 0.25) is 21.7 Å². The lowest BCUT2D eigenvalue weighted by molar-refractivity contribution is 0.321. The zero-order chi connectivity index (χ0) is 20.3. The van der Waals surface area contributed by atoms with E-state index >= 15 is 0 Å². The molecule has 0 aliphatic heterocycles. The Morgan fingerprint density at radius 1 is 1.14 bits per heavy atom. The molecule has 0 N–H and O–H groups in total. The highest BCUT2D eigenvalue weighted by Crippen LogP contribution is 2.28. The van der Waals surface area contributed by atoms with Crippen molar-refractivity contribution in [2.24, 2.45) is 0 Å². The second-order valence-corrected chi connectivity index (χ2v) is 8.50. The average Bonchev–Trinajstić information content (AvgIpc) is 3.16. The fourth-order valence-electron chi connectivity index (χ4n) is 2.51. The molecule has 0 fully saturated rings. The highest BCUT2D eigenvalue weighted by Gasteiger charge is 2.28.